The van der Waals surface area contributed by atoms with Crippen LogP contribution in [0.1, 0.15) is 31.8 Å². The van der Waals surface area contributed by atoms with E-state index in [1.807, 2.05) is 0 Å². The number of amides is 1. The van der Waals surface area contributed by atoms with Crippen LogP contribution in [0.5, 0.6) is 0 Å². The Morgan fingerprint density at radius 1 is 1.14 bits per heavy atom. The zero-order valence-corrected chi connectivity index (χ0v) is 11.6. The second-order valence-corrected chi connectivity index (χ2v) is 4.69. The Balaban J connectivity index is 2.19. The number of nitrogens with one attached hydrogen (secondary N) is 1. The molecule has 2 rings (SSSR count). The third-order valence-electron chi connectivity index (χ3n) is 3.18. The highest BCUT2D eigenvalue weighted by Gasteiger charge is 2.10. The quantitative estimate of drug-likeness (QED) is 0.803. The molecule has 5 nitrogen and oxygen atoms in total. The van der Waals surface area contributed by atoms with Gasteiger partial charge in [0.25, 0.3) is 5.91 Å². The van der Waals surface area contributed by atoms with E-state index in [0.717, 1.165) is 5.56 Å². The summed E-state index contributed by atoms with van der Waals surface area (Å²) in [5, 5.41) is 11.8. The Kier molecular flexibility index (Phi) is 4.35. The fourth-order valence-electron chi connectivity index (χ4n) is 1.93. The molecular formula is C16H16N2O3. The molecule has 21 heavy (non-hydrogen) atoms. The second-order valence-electron chi connectivity index (χ2n) is 4.69. The molecule has 4 N–H and O–H groups in total. The van der Waals surface area contributed by atoms with Crippen LogP contribution in [-0.2, 0) is 6.54 Å². The van der Waals surface area contributed by atoms with Crippen molar-refractivity contribution < 1.29 is 14.7 Å². The standard InChI is InChI=1S/C16H16N2O3/c1-10-2-7-13(8-14(10)16(20)21)18-15(19)12-5-3-11(9-17)4-6-12/h2-8H,9,17H2,1H3,(H,18,19)(H,20,21). The average molecular weight is 284 g/mol. The fraction of sp³-hybridized carbons (Fsp3) is 0.125. The van der Waals surface area contributed by atoms with Gasteiger partial charge < -0.3 is 16.2 Å². The number of carbonyl (C=O) groups is 2. The van der Waals surface area contributed by atoms with Gasteiger partial charge in [-0.3, -0.25) is 4.79 Å². The first-order valence-electron chi connectivity index (χ1n) is 6.45. The zero-order valence-electron chi connectivity index (χ0n) is 11.6. The maximum absolute atomic E-state index is 12.1. The van der Waals surface area contributed by atoms with Gasteiger partial charge in [-0.05, 0) is 42.3 Å². The number of nitrogens with two attached hydrogens (primary N) is 1. The number of aryl methyl sites for hydroxylation is 1. The number of carboxylic acid groups (broad SMARTS) is 1. The molecule has 2 aromatic rings. The van der Waals surface area contributed by atoms with E-state index in [9.17, 15) is 9.59 Å². The molecule has 0 radical (unpaired) electrons. The molecule has 0 aliphatic rings. The lowest BCUT2D eigenvalue weighted by Crippen LogP contribution is -2.13. The Bertz CT molecular complexity index is 678. The molecule has 0 atom stereocenters. The van der Waals surface area contributed by atoms with Crippen molar-refractivity contribution >= 4 is 17.6 Å². The third-order valence-corrected chi connectivity index (χ3v) is 3.18. The van der Waals surface area contributed by atoms with Crippen LogP contribution >= 0.6 is 0 Å². The Morgan fingerprint density at radius 3 is 2.38 bits per heavy atom. The molecule has 0 aromatic heterocycles. The summed E-state index contributed by atoms with van der Waals surface area (Å²) in [5.74, 6) is -1.31. The number of hydrogen-bond donors (Lipinski definition) is 3. The first-order chi connectivity index (χ1) is 10.0. The molecule has 0 aliphatic heterocycles. The summed E-state index contributed by atoms with van der Waals surface area (Å²) in [6, 6.07) is 11.7. The first kappa shape index (κ1) is 14.7. The van der Waals surface area contributed by atoms with Gasteiger partial charge in [0.1, 0.15) is 0 Å². The Morgan fingerprint density at radius 2 is 1.81 bits per heavy atom. The maximum atomic E-state index is 12.1. The number of carboxylic acids is 1. The van der Waals surface area contributed by atoms with Gasteiger partial charge in [0.2, 0.25) is 0 Å². The summed E-state index contributed by atoms with van der Waals surface area (Å²) < 4.78 is 0. The summed E-state index contributed by atoms with van der Waals surface area (Å²) in [6.07, 6.45) is 0. The minimum atomic E-state index is -1.02. The molecule has 0 saturated carbocycles. The number of carbonyl (C=O) groups excluding carboxylic acids is 1. The summed E-state index contributed by atoms with van der Waals surface area (Å²) in [5.41, 5.74) is 8.20. The van der Waals surface area contributed by atoms with Crippen molar-refractivity contribution in [2.24, 2.45) is 5.73 Å². The monoisotopic (exact) mass is 284 g/mol. The van der Waals surface area contributed by atoms with Crippen LogP contribution < -0.4 is 11.1 Å². The van der Waals surface area contributed by atoms with Crippen LogP contribution in [0.2, 0.25) is 0 Å². The molecule has 0 spiro atoms. The van der Waals surface area contributed by atoms with Crippen LogP contribution in [0, 0.1) is 6.92 Å². The molecule has 2 aromatic carbocycles. The predicted octanol–water partition coefficient (Wildman–Crippen LogP) is 2.40. The van der Waals surface area contributed by atoms with E-state index >= 15 is 0 Å². The van der Waals surface area contributed by atoms with Gasteiger partial charge in [-0.2, -0.15) is 0 Å². The predicted molar refractivity (Wildman–Crippen MR) is 80.4 cm³/mol. The highest BCUT2D eigenvalue weighted by molar-refractivity contribution is 6.04. The molecule has 0 fully saturated rings. The van der Waals surface area contributed by atoms with Gasteiger partial charge in [-0.25, -0.2) is 4.79 Å². The van der Waals surface area contributed by atoms with Crippen LogP contribution in [0.15, 0.2) is 42.5 Å². The van der Waals surface area contributed by atoms with E-state index in [1.165, 1.54) is 6.07 Å². The van der Waals surface area contributed by atoms with Crippen LogP contribution in [0.25, 0.3) is 0 Å². The first-order valence-corrected chi connectivity index (χ1v) is 6.45. The van der Waals surface area contributed by atoms with Crippen LogP contribution in [-0.4, -0.2) is 17.0 Å². The molecular weight excluding hydrogens is 268 g/mol. The molecule has 1 amide bonds. The highest BCUT2D eigenvalue weighted by Crippen LogP contribution is 2.16. The van der Waals surface area contributed by atoms with Gasteiger partial charge >= 0.3 is 5.97 Å². The van der Waals surface area contributed by atoms with Gasteiger partial charge in [-0.1, -0.05) is 18.2 Å². The maximum Gasteiger partial charge on any atom is 0.336 e. The van der Waals surface area contributed by atoms with Gasteiger partial charge in [-0.15, -0.1) is 0 Å². The lowest BCUT2D eigenvalue weighted by atomic mass is 10.1. The molecule has 0 unspecified atom stereocenters. The van der Waals surface area contributed by atoms with Crippen LogP contribution in [0.4, 0.5) is 5.69 Å². The lowest BCUT2D eigenvalue weighted by molar-refractivity contribution is 0.0695. The zero-order chi connectivity index (χ0) is 15.4. The van der Waals surface area contributed by atoms with E-state index in [1.54, 1.807) is 43.3 Å². The molecule has 0 heterocycles. The fourth-order valence-corrected chi connectivity index (χ4v) is 1.93. The molecule has 0 bridgehead atoms. The Hall–Kier alpha value is -2.66. The minimum absolute atomic E-state index is 0.172. The molecule has 0 saturated heterocycles. The average Bonchev–Trinajstić information content (AvgIpc) is 2.49. The van der Waals surface area contributed by atoms with Crippen LogP contribution in [0.3, 0.4) is 0 Å². The molecule has 108 valence electrons. The number of hydrogen-bond acceptors (Lipinski definition) is 3. The summed E-state index contributed by atoms with van der Waals surface area (Å²) in [4.78, 5) is 23.2. The van der Waals surface area contributed by atoms with Crippen molar-refractivity contribution in [3.63, 3.8) is 0 Å². The summed E-state index contributed by atoms with van der Waals surface area (Å²) >= 11 is 0. The van der Waals surface area contributed by atoms with Gasteiger partial charge in [0.05, 0.1) is 5.56 Å². The van der Waals surface area contributed by atoms with E-state index < -0.39 is 5.97 Å². The number of anilines is 1. The minimum Gasteiger partial charge on any atom is -0.478 e. The normalized spacial score (nSPS) is 10.2. The largest absolute Gasteiger partial charge is 0.478 e. The third kappa shape index (κ3) is 3.46. The second kappa shape index (κ2) is 6.19. The number of aromatic carboxylic acids is 1. The van der Waals surface area contributed by atoms with Gasteiger partial charge in [0, 0.05) is 17.8 Å². The van der Waals surface area contributed by atoms with Crippen molar-refractivity contribution in [2.45, 2.75) is 13.5 Å². The SMILES string of the molecule is Cc1ccc(NC(=O)c2ccc(CN)cc2)cc1C(=O)O. The molecule has 5 heteroatoms. The van der Waals surface area contributed by atoms with Crippen molar-refractivity contribution in [3.05, 3.63) is 64.7 Å². The smallest absolute Gasteiger partial charge is 0.336 e. The number of benzene rings is 2. The summed E-state index contributed by atoms with van der Waals surface area (Å²) in [6.45, 7) is 2.13. The van der Waals surface area contributed by atoms with E-state index in [-0.39, 0.29) is 11.5 Å². The molecule has 0 aliphatic carbocycles. The van der Waals surface area contributed by atoms with Crippen molar-refractivity contribution in [1.29, 1.82) is 0 Å². The number of rotatable bonds is 4. The van der Waals surface area contributed by atoms with Crippen molar-refractivity contribution in [2.75, 3.05) is 5.32 Å². The highest BCUT2D eigenvalue weighted by atomic mass is 16.4. The lowest BCUT2D eigenvalue weighted by Gasteiger charge is -2.08. The van der Waals surface area contributed by atoms with Gasteiger partial charge in [0.15, 0.2) is 0 Å². The summed E-state index contributed by atoms with van der Waals surface area (Å²) in [7, 11) is 0. The van der Waals surface area contributed by atoms with E-state index in [0.29, 0.717) is 23.4 Å². The van der Waals surface area contributed by atoms with E-state index in [4.69, 9.17) is 10.8 Å². The topological polar surface area (TPSA) is 92.4 Å². The van der Waals surface area contributed by atoms with E-state index in [2.05, 4.69) is 5.32 Å². The Labute approximate surface area is 122 Å². The van der Waals surface area contributed by atoms with Crippen molar-refractivity contribution in [1.82, 2.24) is 0 Å². The van der Waals surface area contributed by atoms with Crippen molar-refractivity contribution in [3.8, 4) is 0 Å².